The van der Waals surface area contributed by atoms with Gasteiger partial charge in [-0.15, -0.1) is 0 Å². The maximum absolute atomic E-state index is 6.23. The highest BCUT2D eigenvalue weighted by Gasteiger charge is 2.16. The first kappa shape index (κ1) is 21.8. The Balaban J connectivity index is 1.26. The van der Waals surface area contributed by atoms with Gasteiger partial charge >= 0.3 is 0 Å². The van der Waals surface area contributed by atoms with Crippen molar-refractivity contribution in [2.24, 2.45) is 0 Å². The highest BCUT2D eigenvalue weighted by atomic mass is 16.5. The van der Waals surface area contributed by atoms with Crippen molar-refractivity contribution in [3.05, 3.63) is 85.5 Å². The summed E-state index contributed by atoms with van der Waals surface area (Å²) in [6.07, 6.45) is 9.65. The second kappa shape index (κ2) is 9.19. The molecule has 0 unspecified atom stereocenters. The molecule has 0 radical (unpaired) electrons. The minimum Gasteiger partial charge on any atom is -0.489 e. The Labute approximate surface area is 213 Å². The summed E-state index contributed by atoms with van der Waals surface area (Å²) >= 11 is 0. The molecule has 7 nitrogen and oxygen atoms in total. The molecule has 7 heteroatoms. The Morgan fingerprint density at radius 1 is 0.757 bits per heavy atom. The van der Waals surface area contributed by atoms with Crippen molar-refractivity contribution in [1.82, 2.24) is 30.5 Å². The predicted molar refractivity (Wildman–Crippen MR) is 146 cm³/mol. The maximum Gasteiger partial charge on any atom is 0.138 e. The van der Waals surface area contributed by atoms with E-state index in [0.717, 1.165) is 87.1 Å². The van der Waals surface area contributed by atoms with E-state index in [4.69, 9.17) is 4.74 Å². The Bertz CT molecular complexity index is 1700. The molecule has 6 aromatic rings. The van der Waals surface area contributed by atoms with Gasteiger partial charge < -0.3 is 15.0 Å². The molecule has 182 valence electrons. The molecule has 1 aliphatic rings. The minimum absolute atomic E-state index is 0.236. The van der Waals surface area contributed by atoms with Gasteiger partial charge in [-0.2, -0.15) is 5.10 Å². The van der Waals surface area contributed by atoms with Gasteiger partial charge in [0.2, 0.25) is 0 Å². The maximum atomic E-state index is 6.23. The van der Waals surface area contributed by atoms with Crippen LogP contribution in [0.5, 0.6) is 5.75 Å². The number of aromatic amines is 2. The fourth-order valence-electron chi connectivity index (χ4n) is 5.20. The van der Waals surface area contributed by atoms with Gasteiger partial charge in [-0.1, -0.05) is 24.3 Å². The second-order valence-electron chi connectivity index (χ2n) is 9.50. The average Bonchev–Trinajstić information content (AvgIpc) is 3.58. The number of nitrogens with zero attached hydrogens (tertiary/aromatic N) is 3. The van der Waals surface area contributed by atoms with Gasteiger partial charge in [0.1, 0.15) is 17.5 Å². The van der Waals surface area contributed by atoms with E-state index in [-0.39, 0.29) is 6.10 Å². The first-order valence-electron chi connectivity index (χ1n) is 12.7. The molecule has 0 amide bonds. The molecule has 0 spiro atoms. The molecule has 3 N–H and O–H groups in total. The molecule has 1 saturated heterocycles. The van der Waals surface area contributed by atoms with Gasteiger partial charge in [0, 0.05) is 46.0 Å². The van der Waals surface area contributed by atoms with Crippen molar-refractivity contribution in [2.45, 2.75) is 18.9 Å². The summed E-state index contributed by atoms with van der Waals surface area (Å²) in [6, 6.07) is 20.9. The second-order valence-corrected chi connectivity index (χ2v) is 9.50. The lowest BCUT2D eigenvalue weighted by molar-refractivity contribution is 0.162. The Morgan fingerprint density at radius 2 is 1.68 bits per heavy atom. The number of piperidine rings is 1. The van der Waals surface area contributed by atoms with Gasteiger partial charge in [-0.05, 0) is 73.5 Å². The van der Waals surface area contributed by atoms with E-state index in [1.54, 1.807) is 12.4 Å². The number of nitrogens with one attached hydrogen (secondary N) is 3. The molecule has 0 atom stereocenters. The number of fused-ring (bicyclic) bond motifs is 2. The number of ether oxygens (including phenoxy) is 1. The third-order valence-electron chi connectivity index (χ3n) is 7.09. The first-order valence-corrected chi connectivity index (χ1v) is 12.7. The monoisotopic (exact) mass is 486 g/mol. The summed E-state index contributed by atoms with van der Waals surface area (Å²) < 4.78 is 6.23. The van der Waals surface area contributed by atoms with Gasteiger partial charge in [0.25, 0.3) is 0 Å². The van der Waals surface area contributed by atoms with E-state index in [9.17, 15) is 0 Å². The zero-order chi connectivity index (χ0) is 24.6. The normalized spacial score (nSPS) is 14.4. The number of rotatable bonds is 5. The molecule has 0 bridgehead atoms. The number of benzene rings is 2. The van der Waals surface area contributed by atoms with Crippen LogP contribution in [-0.2, 0) is 0 Å². The van der Waals surface area contributed by atoms with Crippen LogP contribution in [0.15, 0.2) is 85.5 Å². The van der Waals surface area contributed by atoms with Crippen LogP contribution >= 0.6 is 0 Å². The predicted octanol–water partition coefficient (Wildman–Crippen LogP) is 5.97. The molecule has 5 heterocycles. The third-order valence-corrected chi connectivity index (χ3v) is 7.09. The third kappa shape index (κ3) is 4.13. The molecule has 7 rings (SSSR count). The van der Waals surface area contributed by atoms with Crippen molar-refractivity contribution >= 4 is 21.8 Å². The van der Waals surface area contributed by atoms with Crippen molar-refractivity contribution in [3.8, 4) is 39.4 Å². The van der Waals surface area contributed by atoms with Crippen LogP contribution < -0.4 is 10.1 Å². The lowest BCUT2D eigenvalue weighted by atomic mass is 10.0. The molecule has 37 heavy (non-hydrogen) atoms. The number of aromatic nitrogens is 5. The molecule has 1 aliphatic heterocycles. The Morgan fingerprint density at radius 3 is 2.57 bits per heavy atom. The Hall–Kier alpha value is -4.49. The summed E-state index contributed by atoms with van der Waals surface area (Å²) in [7, 11) is 0. The van der Waals surface area contributed by atoms with Gasteiger partial charge in [0.05, 0.1) is 17.4 Å². The SMILES string of the molecule is c1cncc(-c2cccc3[nH]c(-c4n[nH]c5ccc(-c6cncc(OC7CCNCC7)c6)cc45)cc23)c1. The van der Waals surface area contributed by atoms with Crippen LogP contribution in [-0.4, -0.2) is 44.3 Å². The molecule has 0 saturated carbocycles. The highest BCUT2D eigenvalue weighted by molar-refractivity contribution is 6.01. The van der Waals surface area contributed by atoms with Gasteiger partial charge in [-0.3, -0.25) is 15.1 Å². The van der Waals surface area contributed by atoms with Crippen LogP contribution in [0.2, 0.25) is 0 Å². The van der Waals surface area contributed by atoms with Crippen molar-refractivity contribution < 1.29 is 4.74 Å². The number of hydrogen-bond acceptors (Lipinski definition) is 5. The lowest BCUT2D eigenvalue weighted by Crippen LogP contribution is -2.34. The quantitative estimate of drug-likeness (QED) is 0.279. The number of hydrogen-bond donors (Lipinski definition) is 3. The molecular weight excluding hydrogens is 460 g/mol. The zero-order valence-electron chi connectivity index (χ0n) is 20.2. The lowest BCUT2D eigenvalue weighted by Gasteiger charge is -2.23. The van der Waals surface area contributed by atoms with E-state index in [2.05, 4.69) is 85.1 Å². The van der Waals surface area contributed by atoms with Crippen LogP contribution in [0.4, 0.5) is 0 Å². The largest absolute Gasteiger partial charge is 0.489 e. The van der Waals surface area contributed by atoms with E-state index in [1.165, 1.54) is 0 Å². The van der Waals surface area contributed by atoms with Crippen LogP contribution in [0.25, 0.3) is 55.4 Å². The topological polar surface area (TPSA) is 91.5 Å². The Kier molecular flexibility index (Phi) is 5.40. The summed E-state index contributed by atoms with van der Waals surface area (Å²) in [5, 5.41) is 13.4. The fourth-order valence-corrected chi connectivity index (χ4v) is 5.20. The molecular formula is C30H26N6O. The number of H-pyrrole nitrogens is 2. The molecule has 0 aliphatic carbocycles. The van der Waals surface area contributed by atoms with Gasteiger partial charge in [-0.25, -0.2) is 0 Å². The average molecular weight is 487 g/mol. The van der Waals surface area contributed by atoms with Crippen LogP contribution in [0, 0.1) is 0 Å². The molecule has 2 aromatic carbocycles. The summed E-state index contributed by atoms with van der Waals surface area (Å²) in [5.41, 5.74) is 8.24. The smallest absolute Gasteiger partial charge is 0.138 e. The minimum atomic E-state index is 0.236. The van der Waals surface area contributed by atoms with E-state index in [1.807, 2.05) is 18.5 Å². The van der Waals surface area contributed by atoms with Crippen LogP contribution in [0.3, 0.4) is 0 Å². The summed E-state index contributed by atoms with van der Waals surface area (Å²) in [5.74, 6) is 0.815. The molecule has 4 aromatic heterocycles. The van der Waals surface area contributed by atoms with Crippen molar-refractivity contribution in [3.63, 3.8) is 0 Å². The number of pyridine rings is 2. The summed E-state index contributed by atoms with van der Waals surface area (Å²) in [6.45, 7) is 1.99. The van der Waals surface area contributed by atoms with Gasteiger partial charge in [0.15, 0.2) is 0 Å². The zero-order valence-corrected chi connectivity index (χ0v) is 20.2. The fraction of sp³-hybridized carbons (Fsp3) is 0.167. The van der Waals surface area contributed by atoms with Crippen molar-refractivity contribution in [1.29, 1.82) is 0 Å². The van der Waals surface area contributed by atoms with E-state index >= 15 is 0 Å². The molecule has 1 fully saturated rings. The standard InChI is InChI=1S/C30H26N6O/c1-4-24(20-3-2-10-32-16-20)25-15-29(34-27(25)5-1)30-26-14-19(6-7-28(26)35-36-30)21-13-23(18-33-17-21)37-22-8-11-31-12-9-22/h1-7,10,13-18,22,31,34H,8-9,11-12H2,(H,35,36). The van der Waals surface area contributed by atoms with E-state index in [0.29, 0.717) is 0 Å². The van der Waals surface area contributed by atoms with Crippen molar-refractivity contribution in [2.75, 3.05) is 13.1 Å². The first-order chi connectivity index (χ1) is 18.3. The van der Waals surface area contributed by atoms with Crippen LogP contribution in [0.1, 0.15) is 12.8 Å². The summed E-state index contributed by atoms with van der Waals surface area (Å²) in [4.78, 5) is 12.3. The van der Waals surface area contributed by atoms with E-state index < -0.39 is 0 Å². The highest BCUT2D eigenvalue weighted by Crippen LogP contribution is 2.35.